The van der Waals surface area contributed by atoms with Gasteiger partial charge in [0, 0.05) is 41.5 Å². The maximum absolute atomic E-state index is 12.8. The number of halogens is 4. The molecule has 0 aliphatic carbocycles. The van der Waals surface area contributed by atoms with Crippen molar-refractivity contribution in [1.29, 1.82) is 0 Å². The Morgan fingerprint density at radius 3 is 2.33 bits per heavy atom. The van der Waals surface area contributed by atoms with Crippen molar-refractivity contribution in [3.8, 4) is 0 Å². The van der Waals surface area contributed by atoms with E-state index >= 15 is 0 Å². The number of alkyl halides is 3. The highest BCUT2D eigenvalue weighted by atomic mass is 35.5. The fourth-order valence-corrected chi connectivity index (χ4v) is 3.36. The van der Waals surface area contributed by atoms with Crippen molar-refractivity contribution in [2.75, 3.05) is 29.5 Å². The highest BCUT2D eigenvalue weighted by Crippen LogP contribution is 2.41. The van der Waals surface area contributed by atoms with Crippen molar-refractivity contribution >= 4 is 33.8 Å². The second-order valence-corrected chi connectivity index (χ2v) is 6.51. The molecule has 0 aromatic heterocycles. The predicted octanol–water partition coefficient (Wildman–Crippen LogP) is 2.84. The summed E-state index contributed by atoms with van der Waals surface area (Å²) in [5.41, 5.74) is -1.87. The van der Waals surface area contributed by atoms with E-state index in [9.17, 15) is 27.5 Å². The first kappa shape index (κ1) is 16.0. The SMILES string of the molecule is O=[N+]([O-])c1cc(C(F)(F)F)c(Cl)cc1N1CCS(=O)CC1. The summed E-state index contributed by atoms with van der Waals surface area (Å²) in [5, 5.41) is 10.4. The summed E-state index contributed by atoms with van der Waals surface area (Å²) in [5.74, 6) is 0.631. The lowest BCUT2D eigenvalue weighted by Gasteiger charge is -2.28. The van der Waals surface area contributed by atoms with E-state index in [1.807, 2.05) is 0 Å². The van der Waals surface area contributed by atoms with Gasteiger partial charge in [0.2, 0.25) is 0 Å². The lowest BCUT2D eigenvalue weighted by atomic mass is 10.1. The molecule has 0 radical (unpaired) electrons. The molecule has 0 amide bonds. The molecular formula is C11H10ClF3N2O3S. The fraction of sp³-hybridized carbons (Fsp3) is 0.455. The minimum atomic E-state index is -4.76. The average Bonchev–Trinajstić information content (AvgIpc) is 2.37. The summed E-state index contributed by atoms with van der Waals surface area (Å²) in [4.78, 5) is 11.7. The van der Waals surface area contributed by atoms with Gasteiger partial charge in [0.1, 0.15) is 5.69 Å². The van der Waals surface area contributed by atoms with Crippen LogP contribution in [0.15, 0.2) is 12.1 Å². The molecule has 116 valence electrons. The number of anilines is 1. The number of nitro groups is 1. The third kappa shape index (κ3) is 3.46. The Balaban J connectivity index is 2.48. The molecule has 1 aromatic rings. The van der Waals surface area contributed by atoms with Gasteiger partial charge in [-0.2, -0.15) is 13.2 Å². The summed E-state index contributed by atoms with van der Waals surface area (Å²) in [6.07, 6.45) is -4.76. The van der Waals surface area contributed by atoms with Crippen LogP contribution in [0.2, 0.25) is 5.02 Å². The van der Waals surface area contributed by atoms with Crippen LogP contribution >= 0.6 is 11.6 Å². The third-order valence-electron chi connectivity index (χ3n) is 3.08. The van der Waals surface area contributed by atoms with Gasteiger partial charge in [0.25, 0.3) is 5.69 Å². The monoisotopic (exact) mass is 342 g/mol. The highest BCUT2D eigenvalue weighted by Gasteiger charge is 2.37. The molecule has 2 rings (SSSR count). The highest BCUT2D eigenvalue weighted by molar-refractivity contribution is 7.85. The molecular weight excluding hydrogens is 333 g/mol. The molecule has 0 spiro atoms. The molecule has 1 aromatic carbocycles. The first-order chi connectivity index (χ1) is 9.70. The maximum atomic E-state index is 12.8. The zero-order chi connectivity index (χ0) is 15.8. The van der Waals surface area contributed by atoms with Gasteiger partial charge < -0.3 is 4.90 Å². The van der Waals surface area contributed by atoms with Crippen LogP contribution in [0.3, 0.4) is 0 Å². The molecule has 0 bridgehead atoms. The van der Waals surface area contributed by atoms with Crippen molar-refractivity contribution in [3.63, 3.8) is 0 Å². The van der Waals surface area contributed by atoms with E-state index < -0.39 is 38.2 Å². The van der Waals surface area contributed by atoms with Crippen LogP contribution in [-0.4, -0.2) is 33.7 Å². The molecule has 0 unspecified atom stereocenters. The van der Waals surface area contributed by atoms with E-state index in [4.69, 9.17) is 11.6 Å². The Hall–Kier alpha value is -1.35. The van der Waals surface area contributed by atoms with Gasteiger partial charge in [-0.1, -0.05) is 11.6 Å². The van der Waals surface area contributed by atoms with E-state index in [0.29, 0.717) is 17.6 Å². The van der Waals surface area contributed by atoms with Crippen LogP contribution < -0.4 is 4.90 Å². The molecule has 1 heterocycles. The molecule has 1 aliphatic rings. The lowest BCUT2D eigenvalue weighted by Crippen LogP contribution is -2.38. The standard InChI is InChI=1S/C11H10ClF3N2O3S/c12-8-6-9(16-1-3-21(20)4-2-16)10(17(18)19)5-7(8)11(13,14)15/h5-6H,1-4H2. The molecule has 1 saturated heterocycles. The molecule has 0 saturated carbocycles. The topological polar surface area (TPSA) is 63.5 Å². The fourth-order valence-electron chi connectivity index (χ4n) is 2.05. The van der Waals surface area contributed by atoms with Crippen molar-refractivity contribution in [2.45, 2.75) is 6.18 Å². The number of nitro benzene ring substituents is 1. The number of hydrogen-bond donors (Lipinski definition) is 0. The zero-order valence-electron chi connectivity index (χ0n) is 10.5. The van der Waals surface area contributed by atoms with Gasteiger partial charge in [-0.3, -0.25) is 14.3 Å². The largest absolute Gasteiger partial charge is 0.418 e. The van der Waals surface area contributed by atoms with Gasteiger partial charge in [-0.15, -0.1) is 0 Å². The van der Waals surface area contributed by atoms with E-state index in [2.05, 4.69) is 0 Å². The molecule has 0 N–H and O–H groups in total. The normalized spacial score (nSPS) is 17.0. The first-order valence-electron chi connectivity index (χ1n) is 5.85. The van der Waals surface area contributed by atoms with Crippen molar-refractivity contribution in [3.05, 3.63) is 32.8 Å². The van der Waals surface area contributed by atoms with Crippen molar-refractivity contribution in [1.82, 2.24) is 0 Å². The number of rotatable bonds is 2. The maximum Gasteiger partial charge on any atom is 0.418 e. The van der Waals surface area contributed by atoms with Crippen LogP contribution in [0.1, 0.15) is 5.56 Å². The Bertz CT molecular complexity index is 599. The molecule has 1 fully saturated rings. The first-order valence-corrected chi connectivity index (χ1v) is 7.72. The molecule has 5 nitrogen and oxygen atoms in total. The Morgan fingerprint density at radius 1 is 1.29 bits per heavy atom. The van der Waals surface area contributed by atoms with Crippen LogP contribution in [-0.2, 0) is 17.0 Å². The zero-order valence-corrected chi connectivity index (χ0v) is 12.1. The third-order valence-corrected chi connectivity index (χ3v) is 4.67. The minimum Gasteiger partial charge on any atom is -0.364 e. The predicted molar refractivity (Wildman–Crippen MR) is 73.2 cm³/mol. The Labute approximate surface area is 125 Å². The second-order valence-electron chi connectivity index (χ2n) is 4.41. The molecule has 21 heavy (non-hydrogen) atoms. The molecule has 10 heteroatoms. The summed E-state index contributed by atoms with van der Waals surface area (Å²) < 4.78 is 49.6. The number of nitrogens with zero attached hydrogens (tertiary/aromatic N) is 2. The van der Waals surface area contributed by atoms with Crippen LogP contribution in [0.5, 0.6) is 0 Å². The average molecular weight is 343 g/mol. The van der Waals surface area contributed by atoms with Gasteiger partial charge in [-0.25, -0.2) is 0 Å². The van der Waals surface area contributed by atoms with Gasteiger partial charge in [-0.05, 0) is 6.07 Å². The van der Waals surface area contributed by atoms with Crippen LogP contribution in [0.4, 0.5) is 24.5 Å². The van der Waals surface area contributed by atoms with Gasteiger partial charge in [0.15, 0.2) is 0 Å². The van der Waals surface area contributed by atoms with E-state index in [1.54, 1.807) is 0 Å². The quantitative estimate of drug-likeness (QED) is 0.612. The Kier molecular flexibility index (Phi) is 4.43. The second kappa shape index (κ2) is 5.80. The summed E-state index contributed by atoms with van der Waals surface area (Å²) in [7, 11) is -1.00. The summed E-state index contributed by atoms with van der Waals surface area (Å²) in [6, 6.07) is 1.40. The number of benzene rings is 1. The Morgan fingerprint density at radius 2 is 1.86 bits per heavy atom. The van der Waals surface area contributed by atoms with Crippen molar-refractivity contribution < 1.29 is 22.3 Å². The summed E-state index contributed by atoms with van der Waals surface area (Å²) >= 11 is 5.61. The van der Waals surface area contributed by atoms with E-state index in [-0.39, 0.29) is 18.8 Å². The van der Waals surface area contributed by atoms with Crippen molar-refractivity contribution in [2.24, 2.45) is 0 Å². The van der Waals surface area contributed by atoms with Crippen LogP contribution in [0, 0.1) is 10.1 Å². The summed E-state index contributed by atoms with van der Waals surface area (Å²) in [6.45, 7) is 0.546. The van der Waals surface area contributed by atoms with Crippen LogP contribution in [0.25, 0.3) is 0 Å². The number of hydrogen-bond acceptors (Lipinski definition) is 4. The van der Waals surface area contributed by atoms with Gasteiger partial charge >= 0.3 is 6.18 Å². The molecule has 1 aliphatic heterocycles. The van der Waals surface area contributed by atoms with Gasteiger partial charge in [0.05, 0.1) is 15.5 Å². The van der Waals surface area contributed by atoms with E-state index in [0.717, 1.165) is 6.07 Å². The van der Waals surface area contributed by atoms with E-state index in [1.165, 1.54) is 4.90 Å². The lowest BCUT2D eigenvalue weighted by molar-refractivity contribution is -0.384. The molecule has 0 atom stereocenters. The minimum absolute atomic E-state index is 0.0229. The smallest absolute Gasteiger partial charge is 0.364 e.